The maximum Gasteiger partial charge on any atom is 0.245 e. The van der Waals surface area contributed by atoms with Gasteiger partial charge in [0.05, 0.1) is 22.9 Å². The van der Waals surface area contributed by atoms with Crippen molar-refractivity contribution in [2.75, 3.05) is 8.61 Å². The zero-order chi connectivity index (χ0) is 29.6. The van der Waals surface area contributed by atoms with Crippen molar-refractivity contribution in [1.82, 2.24) is 0 Å². The number of nitrogens with two attached hydrogens (primary N) is 2. The SMILES string of the molecule is NC(=S)N(c1ccc(Cc2ccc(N(C(N)=S)S(=O)(=O)Cc3ccccc3)cc2)cc1)S(=O)(=O)Cc1ccccc1. The number of sulfonamides is 2. The van der Waals surface area contributed by atoms with Gasteiger partial charge >= 0.3 is 0 Å². The van der Waals surface area contributed by atoms with Crippen LogP contribution in [0.5, 0.6) is 0 Å². The molecule has 0 aliphatic carbocycles. The third kappa shape index (κ3) is 7.67. The third-order valence-electron chi connectivity index (χ3n) is 6.09. The summed E-state index contributed by atoms with van der Waals surface area (Å²) in [6.07, 6.45) is 0.508. The molecule has 0 amide bonds. The van der Waals surface area contributed by atoms with Crippen LogP contribution in [0.4, 0.5) is 11.4 Å². The van der Waals surface area contributed by atoms with Crippen molar-refractivity contribution in [2.24, 2.45) is 11.5 Å². The Kier molecular flexibility index (Phi) is 9.38. The average molecular weight is 625 g/mol. The lowest BCUT2D eigenvalue weighted by Crippen LogP contribution is -2.41. The Bertz CT molecular complexity index is 1600. The summed E-state index contributed by atoms with van der Waals surface area (Å²) in [6, 6.07) is 31.3. The molecular weight excluding hydrogens is 597 g/mol. The molecule has 0 radical (unpaired) electrons. The van der Waals surface area contributed by atoms with E-state index in [2.05, 4.69) is 0 Å². The van der Waals surface area contributed by atoms with Gasteiger partial charge in [0.2, 0.25) is 20.0 Å². The van der Waals surface area contributed by atoms with Crippen LogP contribution in [0.1, 0.15) is 22.3 Å². The highest BCUT2D eigenvalue weighted by Crippen LogP contribution is 2.25. The molecule has 4 rings (SSSR count). The second-order valence-electron chi connectivity index (χ2n) is 9.20. The fourth-order valence-electron chi connectivity index (χ4n) is 4.28. The fraction of sp³-hybridized carbons (Fsp3) is 0.103. The van der Waals surface area contributed by atoms with E-state index in [-0.39, 0.29) is 21.7 Å². The molecule has 4 aromatic carbocycles. The topological polar surface area (TPSA) is 127 Å². The molecule has 0 saturated carbocycles. The number of rotatable bonds is 10. The van der Waals surface area contributed by atoms with Gasteiger partial charge in [-0.05, 0) is 77.4 Å². The van der Waals surface area contributed by atoms with Gasteiger partial charge in [0.25, 0.3) is 0 Å². The van der Waals surface area contributed by atoms with Gasteiger partial charge in [-0.25, -0.2) is 25.4 Å². The lowest BCUT2D eigenvalue weighted by atomic mass is 10.0. The summed E-state index contributed by atoms with van der Waals surface area (Å²) in [5, 5.41) is -0.539. The molecular formula is C29H28N4O4S4. The minimum absolute atomic E-state index is 0.246. The van der Waals surface area contributed by atoms with Crippen LogP contribution in [0.2, 0.25) is 0 Å². The van der Waals surface area contributed by atoms with E-state index in [1.54, 1.807) is 97.1 Å². The van der Waals surface area contributed by atoms with E-state index in [1.165, 1.54) is 0 Å². The second kappa shape index (κ2) is 12.8. The van der Waals surface area contributed by atoms with Gasteiger partial charge in [-0.2, -0.15) is 0 Å². The van der Waals surface area contributed by atoms with Crippen molar-refractivity contribution in [3.63, 3.8) is 0 Å². The van der Waals surface area contributed by atoms with E-state index in [0.29, 0.717) is 28.9 Å². The number of nitrogens with zero attached hydrogens (tertiary/aromatic N) is 2. The first-order chi connectivity index (χ1) is 19.5. The van der Waals surface area contributed by atoms with Crippen molar-refractivity contribution in [2.45, 2.75) is 17.9 Å². The molecule has 41 heavy (non-hydrogen) atoms. The van der Waals surface area contributed by atoms with Gasteiger partial charge in [-0.1, -0.05) is 84.9 Å². The van der Waals surface area contributed by atoms with Gasteiger partial charge < -0.3 is 11.5 Å². The Hall–Kier alpha value is -3.84. The number of benzene rings is 4. The van der Waals surface area contributed by atoms with Crippen LogP contribution in [0.25, 0.3) is 0 Å². The number of hydrogen-bond donors (Lipinski definition) is 2. The maximum absolute atomic E-state index is 13.1. The average Bonchev–Trinajstić information content (AvgIpc) is 2.91. The van der Waals surface area contributed by atoms with Crippen molar-refractivity contribution in [1.29, 1.82) is 0 Å². The Morgan fingerprint density at radius 2 is 0.829 bits per heavy atom. The standard InChI is InChI=1S/C29H28N4O4S4/c30-28(38)32(40(34,35)20-24-7-3-1-4-8-24)26-15-11-22(12-16-26)19-23-13-17-27(18-14-23)33(29(31)39)41(36,37)21-25-9-5-2-6-10-25/h1-18H,19-21H2,(H2,30,38)(H2,31,39). The van der Waals surface area contributed by atoms with E-state index in [1.807, 2.05) is 12.1 Å². The highest BCUT2D eigenvalue weighted by molar-refractivity contribution is 7.95. The minimum atomic E-state index is -3.86. The number of thiocarbonyl (C=S) groups is 2. The van der Waals surface area contributed by atoms with Crippen molar-refractivity contribution >= 4 is 66.1 Å². The summed E-state index contributed by atoms with van der Waals surface area (Å²) in [5.41, 5.74) is 15.3. The first-order valence-corrected chi connectivity index (χ1v) is 16.4. The minimum Gasteiger partial charge on any atom is -0.375 e. The predicted octanol–water partition coefficient (Wildman–Crippen LogP) is 4.44. The molecule has 0 spiro atoms. The van der Waals surface area contributed by atoms with Crippen LogP contribution in [0.15, 0.2) is 109 Å². The highest BCUT2D eigenvalue weighted by atomic mass is 32.2. The van der Waals surface area contributed by atoms with Gasteiger partial charge in [-0.3, -0.25) is 0 Å². The van der Waals surface area contributed by atoms with Gasteiger partial charge in [0, 0.05) is 0 Å². The lowest BCUT2D eigenvalue weighted by molar-refractivity contribution is 0.594. The number of hydrogen-bond acceptors (Lipinski definition) is 6. The van der Waals surface area contributed by atoms with Crippen LogP contribution in [0, 0.1) is 0 Å². The summed E-state index contributed by atoms with van der Waals surface area (Å²) in [6.45, 7) is 0. The fourth-order valence-corrected chi connectivity index (χ4v) is 8.09. The second-order valence-corrected chi connectivity index (χ2v) is 13.7. The summed E-state index contributed by atoms with van der Waals surface area (Å²) >= 11 is 10.1. The van der Waals surface area contributed by atoms with E-state index in [4.69, 9.17) is 35.9 Å². The Morgan fingerprint density at radius 1 is 0.512 bits per heavy atom. The van der Waals surface area contributed by atoms with Crippen LogP contribution in [-0.4, -0.2) is 27.1 Å². The maximum atomic E-state index is 13.1. The molecule has 0 aromatic heterocycles. The van der Waals surface area contributed by atoms with Crippen molar-refractivity contribution in [3.05, 3.63) is 131 Å². The van der Waals surface area contributed by atoms with E-state index >= 15 is 0 Å². The van der Waals surface area contributed by atoms with Gasteiger partial charge in [-0.15, -0.1) is 0 Å². The van der Waals surface area contributed by atoms with Gasteiger partial charge in [0.15, 0.2) is 10.2 Å². The molecule has 0 heterocycles. The molecule has 0 unspecified atom stereocenters. The smallest absolute Gasteiger partial charge is 0.245 e. The third-order valence-corrected chi connectivity index (χ3v) is 10.0. The molecule has 0 bridgehead atoms. The summed E-state index contributed by atoms with van der Waals surface area (Å²) in [4.78, 5) is 0. The molecule has 4 N–H and O–H groups in total. The van der Waals surface area contributed by atoms with Crippen LogP contribution >= 0.6 is 24.4 Å². The predicted molar refractivity (Wildman–Crippen MR) is 172 cm³/mol. The molecule has 0 aliphatic heterocycles. The normalized spacial score (nSPS) is 11.5. The van der Waals surface area contributed by atoms with E-state index < -0.39 is 20.0 Å². The Labute approximate surface area is 251 Å². The molecule has 0 saturated heterocycles. The molecule has 0 fully saturated rings. The van der Waals surface area contributed by atoms with Crippen LogP contribution in [-0.2, 0) is 38.0 Å². The zero-order valence-corrected chi connectivity index (χ0v) is 25.1. The van der Waals surface area contributed by atoms with Crippen LogP contribution < -0.4 is 20.1 Å². The quantitative estimate of drug-likeness (QED) is 0.248. The van der Waals surface area contributed by atoms with E-state index in [9.17, 15) is 16.8 Å². The van der Waals surface area contributed by atoms with Crippen LogP contribution in [0.3, 0.4) is 0 Å². The summed E-state index contributed by atoms with van der Waals surface area (Å²) < 4.78 is 54.4. The monoisotopic (exact) mass is 624 g/mol. The molecule has 0 aliphatic rings. The number of anilines is 2. The zero-order valence-electron chi connectivity index (χ0n) is 21.8. The molecule has 212 valence electrons. The summed E-state index contributed by atoms with van der Waals surface area (Å²) in [7, 11) is -7.72. The molecule has 0 atom stereocenters. The first kappa shape index (κ1) is 30.1. The summed E-state index contributed by atoms with van der Waals surface area (Å²) in [5.74, 6) is -0.493. The largest absolute Gasteiger partial charge is 0.375 e. The molecule has 4 aromatic rings. The molecule has 12 heteroatoms. The highest BCUT2D eigenvalue weighted by Gasteiger charge is 2.27. The molecule has 8 nitrogen and oxygen atoms in total. The Balaban J connectivity index is 1.49. The van der Waals surface area contributed by atoms with Crippen molar-refractivity contribution < 1.29 is 16.8 Å². The van der Waals surface area contributed by atoms with Gasteiger partial charge in [0.1, 0.15) is 0 Å². The lowest BCUT2D eigenvalue weighted by Gasteiger charge is -2.23. The first-order valence-electron chi connectivity index (χ1n) is 12.4. The van der Waals surface area contributed by atoms with Crippen molar-refractivity contribution in [3.8, 4) is 0 Å². The Morgan fingerprint density at radius 3 is 1.12 bits per heavy atom. The van der Waals surface area contributed by atoms with E-state index in [0.717, 1.165) is 19.7 Å².